The molecule has 26 heavy (non-hydrogen) atoms. The summed E-state index contributed by atoms with van der Waals surface area (Å²) >= 11 is 0. The number of sulfonamides is 1. The second kappa shape index (κ2) is 7.93. The standard InChI is InChI=1S/C20H20N2O3S/c1-2-26(23,24)22-18-10-8-16(9-11-18)21-17-12-14-20(15-13-17)25-19-6-4-3-5-7-19/h3-15,21-22H,2H2,1H3. The van der Waals surface area contributed by atoms with Crippen LogP contribution in [0.5, 0.6) is 11.5 Å². The van der Waals surface area contributed by atoms with Crippen LogP contribution in [0, 0.1) is 0 Å². The highest BCUT2D eigenvalue weighted by molar-refractivity contribution is 7.92. The first-order chi connectivity index (χ1) is 12.5. The summed E-state index contributed by atoms with van der Waals surface area (Å²) in [6.07, 6.45) is 0. The normalized spacial score (nSPS) is 11.0. The van der Waals surface area contributed by atoms with E-state index in [1.807, 2.05) is 66.7 Å². The van der Waals surface area contributed by atoms with Crippen LogP contribution in [0.3, 0.4) is 0 Å². The van der Waals surface area contributed by atoms with Crippen molar-refractivity contribution in [3.8, 4) is 11.5 Å². The Balaban J connectivity index is 1.62. The Hall–Kier alpha value is -2.99. The highest BCUT2D eigenvalue weighted by Crippen LogP contribution is 2.25. The van der Waals surface area contributed by atoms with E-state index in [9.17, 15) is 8.42 Å². The third-order valence-electron chi connectivity index (χ3n) is 3.66. The van der Waals surface area contributed by atoms with Gasteiger partial charge in [0.15, 0.2) is 0 Å². The van der Waals surface area contributed by atoms with Crippen molar-refractivity contribution in [1.82, 2.24) is 0 Å². The van der Waals surface area contributed by atoms with Gasteiger partial charge in [0, 0.05) is 17.1 Å². The van der Waals surface area contributed by atoms with Gasteiger partial charge in [-0.15, -0.1) is 0 Å². The summed E-state index contributed by atoms with van der Waals surface area (Å²) in [5.41, 5.74) is 2.32. The Labute approximate surface area is 153 Å². The summed E-state index contributed by atoms with van der Waals surface area (Å²) in [6.45, 7) is 1.60. The topological polar surface area (TPSA) is 67.4 Å². The SMILES string of the molecule is CCS(=O)(=O)Nc1ccc(Nc2ccc(Oc3ccccc3)cc2)cc1. The molecule has 3 rings (SSSR count). The van der Waals surface area contributed by atoms with Gasteiger partial charge in [-0.25, -0.2) is 8.42 Å². The molecule has 0 atom stereocenters. The molecule has 0 saturated heterocycles. The van der Waals surface area contributed by atoms with E-state index in [0.717, 1.165) is 22.9 Å². The van der Waals surface area contributed by atoms with Crippen molar-refractivity contribution in [3.05, 3.63) is 78.9 Å². The van der Waals surface area contributed by atoms with Gasteiger partial charge in [0.2, 0.25) is 10.0 Å². The monoisotopic (exact) mass is 368 g/mol. The summed E-state index contributed by atoms with van der Waals surface area (Å²) in [5.74, 6) is 1.59. The van der Waals surface area contributed by atoms with Crippen molar-refractivity contribution < 1.29 is 13.2 Å². The average Bonchev–Trinajstić information content (AvgIpc) is 2.66. The maximum atomic E-state index is 11.6. The minimum Gasteiger partial charge on any atom is -0.457 e. The Morgan fingerprint density at radius 1 is 0.731 bits per heavy atom. The molecule has 0 aromatic heterocycles. The highest BCUT2D eigenvalue weighted by Gasteiger charge is 2.06. The molecule has 0 heterocycles. The second-order valence-corrected chi connectivity index (χ2v) is 7.66. The quantitative estimate of drug-likeness (QED) is 0.617. The molecule has 0 spiro atoms. The van der Waals surface area contributed by atoms with E-state index < -0.39 is 10.0 Å². The maximum absolute atomic E-state index is 11.6. The van der Waals surface area contributed by atoms with Crippen LogP contribution in [0.2, 0.25) is 0 Å². The summed E-state index contributed by atoms with van der Waals surface area (Å²) in [7, 11) is -3.26. The van der Waals surface area contributed by atoms with Gasteiger partial charge in [0.25, 0.3) is 0 Å². The maximum Gasteiger partial charge on any atom is 0.232 e. The van der Waals surface area contributed by atoms with E-state index >= 15 is 0 Å². The summed E-state index contributed by atoms with van der Waals surface area (Å²) < 4.78 is 31.4. The first-order valence-corrected chi connectivity index (χ1v) is 9.90. The molecular formula is C20H20N2O3S. The summed E-state index contributed by atoms with van der Waals surface area (Å²) in [5, 5.41) is 3.27. The molecule has 0 saturated carbocycles. The lowest BCUT2D eigenvalue weighted by atomic mass is 10.2. The lowest BCUT2D eigenvalue weighted by Crippen LogP contribution is -2.14. The first-order valence-electron chi connectivity index (χ1n) is 8.24. The molecule has 0 unspecified atom stereocenters. The van der Waals surface area contributed by atoms with Crippen LogP contribution in [0.1, 0.15) is 6.92 Å². The van der Waals surface area contributed by atoms with E-state index in [-0.39, 0.29) is 5.75 Å². The molecule has 0 amide bonds. The molecule has 6 heteroatoms. The minimum atomic E-state index is -3.26. The van der Waals surface area contributed by atoms with E-state index in [1.165, 1.54) is 0 Å². The van der Waals surface area contributed by atoms with Crippen LogP contribution in [-0.4, -0.2) is 14.2 Å². The number of ether oxygens (including phenoxy) is 1. The number of hydrogen-bond donors (Lipinski definition) is 2. The molecule has 3 aromatic carbocycles. The van der Waals surface area contributed by atoms with Crippen molar-refractivity contribution >= 4 is 27.1 Å². The first kappa shape index (κ1) is 17.8. The number of rotatable bonds is 7. The second-order valence-electron chi connectivity index (χ2n) is 5.65. The molecule has 0 aliphatic heterocycles. The number of nitrogens with one attached hydrogen (secondary N) is 2. The largest absolute Gasteiger partial charge is 0.457 e. The molecule has 0 aliphatic rings. The van der Waals surface area contributed by atoms with E-state index in [2.05, 4.69) is 10.0 Å². The lowest BCUT2D eigenvalue weighted by Gasteiger charge is -2.10. The van der Waals surface area contributed by atoms with Gasteiger partial charge in [-0.1, -0.05) is 18.2 Å². The molecule has 0 bridgehead atoms. The molecule has 0 fully saturated rings. The van der Waals surface area contributed by atoms with Crippen LogP contribution in [-0.2, 0) is 10.0 Å². The Kier molecular flexibility index (Phi) is 5.43. The van der Waals surface area contributed by atoms with Crippen LogP contribution >= 0.6 is 0 Å². The van der Waals surface area contributed by atoms with E-state index in [1.54, 1.807) is 19.1 Å². The molecule has 0 aliphatic carbocycles. The molecule has 134 valence electrons. The van der Waals surface area contributed by atoms with Gasteiger partial charge in [-0.05, 0) is 67.6 Å². The number of anilines is 3. The lowest BCUT2D eigenvalue weighted by molar-refractivity contribution is 0.483. The van der Waals surface area contributed by atoms with Gasteiger partial charge in [-0.3, -0.25) is 4.72 Å². The average molecular weight is 368 g/mol. The third-order valence-corrected chi connectivity index (χ3v) is 4.97. The zero-order chi connectivity index (χ0) is 18.4. The van der Waals surface area contributed by atoms with Crippen molar-refractivity contribution in [1.29, 1.82) is 0 Å². The van der Waals surface area contributed by atoms with E-state index in [4.69, 9.17) is 4.74 Å². The third kappa shape index (κ3) is 5.00. The van der Waals surface area contributed by atoms with Crippen molar-refractivity contribution in [2.24, 2.45) is 0 Å². The predicted octanol–water partition coefficient (Wildman–Crippen LogP) is 4.98. The van der Waals surface area contributed by atoms with Gasteiger partial charge in [-0.2, -0.15) is 0 Å². The minimum absolute atomic E-state index is 0.0460. The fourth-order valence-corrected chi connectivity index (χ4v) is 2.91. The van der Waals surface area contributed by atoms with Crippen LogP contribution in [0.15, 0.2) is 78.9 Å². The van der Waals surface area contributed by atoms with Crippen LogP contribution < -0.4 is 14.8 Å². The Bertz CT molecular complexity index is 939. The van der Waals surface area contributed by atoms with Gasteiger partial charge in [0.1, 0.15) is 11.5 Å². The van der Waals surface area contributed by atoms with Crippen molar-refractivity contribution in [2.45, 2.75) is 6.92 Å². The summed E-state index contributed by atoms with van der Waals surface area (Å²) in [4.78, 5) is 0. The van der Waals surface area contributed by atoms with Gasteiger partial charge >= 0.3 is 0 Å². The summed E-state index contributed by atoms with van der Waals surface area (Å²) in [6, 6.07) is 24.3. The predicted molar refractivity (Wildman–Crippen MR) is 106 cm³/mol. The molecular weight excluding hydrogens is 348 g/mol. The number of hydrogen-bond acceptors (Lipinski definition) is 4. The fourth-order valence-electron chi connectivity index (χ4n) is 2.27. The van der Waals surface area contributed by atoms with Gasteiger partial charge < -0.3 is 10.1 Å². The molecule has 5 nitrogen and oxygen atoms in total. The highest BCUT2D eigenvalue weighted by atomic mass is 32.2. The number of para-hydroxylation sites is 1. The Morgan fingerprint density at radius 3 is 1.81 bits per heavy atom. The molecule has 2 N–H and O–H groups in total. The molecule has 0 radical (unpaired) electrons. The van der Waals surface area contributed by atoms with Crippen LogP contribution in [0.25, 0.3) is 0 Å². The smallest absolute Gasteiger partial charge is 0.232 e. The molecule has 3 aromatic rings. The fraction of sp³-hybridized carbons (Fsp3) is 0.100. The van der Waals surface area contributed by atoms with Crippen LogP contribution in [0.4, 0.5) is 17.1 Å². The number of benzene rings is 3. The van der Waals surface area contributed by atoms with Gasteiger partial charge in [0.05, 0.1) is 5.75 Å². The zero-order valence-electron chi connectivity index (χ0n) is 14.3. The van der Waals surface area contributed by atoms with E-state index in [0.29, 0.717) is 5.69 Å². The van der Waals surface area contributed by atoms with Crippen molar-refractivity contribution in [3.63, 3.8) is 0 Å². The Morgan fingerprint density at radius 2 is 1.23 bits per heavy atom. The zero-order valence-corrected chi connectivity index (χ0v) is 15.2. The van der Waals surface area contributed by atoms with Crippen molar-refractivity contribution in [2.75, 3.05) is 15.8 Å².